The Bertz CT molecular complexity index is 1250. The number of aliphatic imine (C=N–C) groups is 1. The van der Waals surface area contributed by atoms with E-state index in [9.17, 15) is 4.39 Å². The number of dihydropyridines is 1. The lowest BCUT2D eigenvalue weighted by Gasteiger charge is -2.27. The Morgan fingerprint density at radius 3 is 2.71 bits per heavy atom. The molecule has 0 bridgehead atoms. The summed E-state index contributed by atoms with van der Waals surface area (Å²) in [5, 5.41) is 9.90. The summed E-state index contributed by atoms with van der Waals surface area (Å²) in [6.45, 7) is 0.584. The van der Waals surface area contributed by atoms with Crippen LogP contribution in [0.1, 0.15) is 5.69 Å². The Hall–Kier alpha value is -3.23. The summed E-state index contributed by atoms with van der Waals surface area (Å²) < 4.78 is 17.3. The minimum absolute atomic E-state index is 0.327. The summed E-state index contributed by atoms with van der Waals surface area (Å²) in [5.74, 6) is -0.327. The fraction of sp³-hybridized carbons (Fsp3) is 0.0909. The normalized spacial score (nSPS) is 17.9. The van der Waals surface area contributed by atoms with Gasteiger partial charge >= 0.3 is 0 Å². The maximum atomic E-state index is 13.9. The number of benzene rings is 2. The van der Waals surface area contributed by atoms with Crippen LogP contribution in [0, 0.1) is 5.82 Å². The van der Waals surface area contributed by atoms with E-state index in [1.165, 1.54) is 30.2 Å². The first-order valence-corrected chi connectivity index (χ1v) is 10.7. The lowest BCUT2D eigenvalue weighted by atomic mass is 9.95. The summed E-state index contributed by atoms with van der Waals surface area (Å²) >= 11 is 7.59. The highest BCUT2D eigenvalue weighted by Gasteiger charge is 2.37. The molecule has 1 unspecified atom stereocenters. The molecule has 3 heterocycles. The molecule has 0 radical (unpaired) electrons. The molecular formula is C22H16ClFN6S. The standard InChI is InChI=1S/C22H16ClFN6S/c23-16-5-7-19(8-6-16)31-20-12-29(18-4-1-3-17(24)11-18)28-21(20)22(9-2-10-25-13-22)30-15-26-14-27-30/h1-9,11-15H,10H2. The number of allylic oxidation sites excluding steroid dienone is 1. The van der Waals surface area contributed by atoms with Gasteiger partial charge in [-0.25, -0.2) is 18.7 Å². The molecule has 9 heteroatoms. The van der Waals surface area contributed by atoms with Gasteiger partial charge in [-0.3, -0.25) is 4.99 Å². The smallest absolute Gasteiger partial charge is 0.162 e. The molecule has 0 N–H and O–H groups in total. The molecule has 5 rings (SSSR count). The van der Waals surface area contributed by atoms with E-state index in [1.807, 2.05) is 54.9 Å². The van der Waals surface area contributed by atoms with Crippen LogP contribution < -0.4 is 0 Å². The quantitative estimate of drug-likeness (QED) is 0.410. The summed E-state index contributed by atoms with van der Waals surface area (Å²) in [4.78, 5) is 10.5. The zero-order chi connectivity index (χ0) is 21.3. The van der Waals surface area contributed by atoms with Crippen molar-refractivity contribution in [3.8, 4) is 5.69 Å². The molecule has 4 aromatic rings. The molecule has 2 aromatic carbocycles. The second-order valence-electron chi connectivity index (χ2n) is 6.88. The molecule has 0 amide bonds. The fourth-order valence-corrected chi connectivity index (χ4v) is 4.51. The Morgan fingerprint density at radius 1 is 1.13 bits per heavy atom. The van der Waals surface area contributed by atoms with Crippen molar-refractivity contribution in [1.29, 1.82) is 0 Å². The van der Waals surface area contributed by atoms with Crippen molar-refractivity contribution in [1.82, 2.24) is 24.5 Å². The summed E-state index contributed by atoms with van der Waals surface area (Å²) in [6.07, 6.45) is 10.8. The van der Waals surface area contributed by atoms with Crippen LogP contribution in [-0.2, 0) is 5.54 Å². The lowest BCUT2D eigenvalue weighted by Crippen LogP contribution is -2.37. The third-order valence-corrected chi connectivity index (χ3v) is 6.12. The average Bonchev–Trinajstić information content (AvgIpc) is 3.47. The number of hydrogen-bond donors (Lipinski definition) is 0. The van der Waals surface area contributed by atoms with Gasteiger partial charge in [-0.1, -0.05) is 35.5 Å². The Kier molecular flexibility index (Phi) is 5.17. The molecule has 0 saturated carbocycles. The van der Waals surface area contributed by atoms with Gasteiger partial charge in [0.25, 0.3) is 0 Å². The maximum Gasteiger partial charge on any atom is 0.162 e. The zero-order valence-corrected chi connectivity index (χ0v) is 17.7. The highest BCUT2D eigenvalue weighted by atomic mass is 35.5. The summed E-state index contributed by atoms with van der Waals surface area (Å²) in [7, 11) is 0. The van der Waals surface area contributed by atoms with Crippen molar-refractivity contribution in [3.05, 3.63) is 96.1 Å². The van der Waals surface area contributed by atoms with Crippen molar-refractivity contribution in [3.63, 3.8) is 0 Å². The van der Waals surface area contributed by atoms with Crippen LogP contribution in [0.25, 0.3) is 5.69 Å². The highest BCUT2D eigenvalue weighted by molar-refractivity contribution is 7.99. The predicted octanol–water partition coefficient (Wildman–Crippen LogP) is 4.79. The number of aromatic nitrogens is 5. The van der Waals surface area contributed by atoms with Gasteiger partial charge in [0.1, 0.15) is 24.2 Å². The van der Waals surface area contributed by atoms with Gasteiger partial charge in [-0.2, -0.15) is 10.2 Å². The van der Waals surface area contributed by atoms with Crippen LogP contribution in [0.2, 0.25) is 5.02 Å². The first-order chi connectivity index (χ1) is 15.1. The van der Waals surface area contributed by atoms with Gasteiger partial charge in [0.2, 0.25) is 0 Å². The lowest BCUT2D eigenvalue weighted by molar-refractivity contribution is 0.502. The van der Waals surface area contributed by atoms with Gasteiger partial charge in [0.15, 0.2) is 5.54 Å². The van der Waals surface area contributed by atoms with Crippen molar-refractivity contribution in [2.45, 2.75) is 15.3 Å². The van der Waals surface area contributed by atoms with Crippen molar-refractivity contribution < 1.29 is 4.39 Å². The Morgan fingerprint density at radius 2 is 2.00 bits per heavy atom. The van der Waals surface area contributed by atoms with Crippen LogP contribution in [-0.4, -0.2) is 37.3 Å². The van der Waals surface area contributed by atoms with Gasteiger partial charge in [-0.15, -0.1) is 0 Å². The van der Waals surface area contributed by atoms with Crippen molar-refractivity contribution in [2.24, 2.45) is 4.99 Å². The van der Waals surface area contributed by atoms with Crippen LogP contribution in [0.5, 0.6) is 0 Å². The van der Waals surface area contributed by atoms with E-state index in [4.69, 9.17) is 16.7 Å². The number of halogens is 2. The van der Waals surface area contributed by atoms with E-state index in [2.05, 4.69) is 15.1 Å². The molecule has 1 aliphatic heterocycles. The first-order valence-electron chi connectivity index (χ1n) is 9.47. The molecule has 2 aromatic heterocycles. The second-order valence-corrected chi connectivity index (χ2v) is 8.44. The maximum absolute atomic E-state index is 13.9. The van der Waals surface area contributed by atoms with E-state index in [-0.39, 0.29) is 5.82 Å². The molecule has 6 nitrogen and oxygen atoms in total. The molecule has 0 spiro atoms. The minimum atomic E-state index is -0.845. The van der Waals surface area contributed by atoms with E-state index in [1.54, 1.807) is 21.8 Å². The fourth-order valence-electron chi connectivity index (χ4n) is 3.40. The number of hydrogen-bond acceptors (Lipinski definition) is 5. The minimum Gasteiger partial charge on any atom is -0.290 e. The Balaban J connectivity index is 1.69. The number of rotatable bonds is 5. The first kappa shape index (κ1) is 19.7. The molecule has 0 saturated heterocycles. The van der Waals surface area contributed by atoms with Crippen LogP contribution >= 0.6 is 23.4 Å². The van der Waals surface area contributed by atoms with E-state index in [0.717, 1.165) is 9.79 Å². The van der Waals surface area contributed by atoms with Crippen LogP contribution in [0.4, 0.5) is 4.39 Å². The third-order valence-electron chi connectivity index (χ3n) is 4.84. The molecule has 1 aliphatic rings. The molecule has 31 heavy (non-hydrogen) atoms. The van der Waals surface area contributed by atoms with Crippen LogP contribution in [0.15, 0.2) is 94.3 Å². The van der Waals surface area contributed by atoms with Gasteiger partial charge in [0.05, 0.1) is 17.1 Å². The molecular weight excluding hydrogens is 435 g/mol. The zero-order valence-electron chi connectivity index (χ0n) is 16.1. The van der Waals surface area contributed by atoms with Gasteiger partial charge < -0.3 is 0 Å². The highest BCUT2D eigenvalue weighted by Crippen LogP contribution is 2.38. The SMILES string of the molecule is Fc1cccc(-n2cc(Sc3ccc(Cl)cc3)c(C3(n4cncn4)C=CCN=C3)n2)c1. The van der Waals surface area contributed by atoms with Gasteiger partial charge in [0, 0.05) is 22.3 Å². The predicted molar refractivity (Wildman–Crippen MR) is 119 cm³/mol. The van der Waals surface area contributed by atoms with Crippen LogP contribution in [0.3, 0.4) is 0 Å². The number of nitrogens with zero attached hydrogens (tertiary/aromatic N) is 6. The van der Waals surface area contributed by atoms with Crippen molar-refractivity contribution in [2.75, 3.05) is 6.54 Å². The Labute approximate surface area is 187 Å². The van der Waals surface area contributed by atoms with Crippen molar-refractivity contribution >= 4 is 29.6 Å². The monoisotopic (exact) mass is 450 g/mol. The molecule has 0 fully saturated rings. The van der Waals surface area contributed by atoms with E-state index < -0.39 is 5.54 Å². The second kappa shape index (κ2) is 8.13. The average molecular weight is 451 g/mol. The topological polar surface area (TPSA) is 60.9 Å². The summed E-state index contributed by atoms with van der Waals surface area (Å²) in [5.41, 5.74) is 0.485. The third kappa shape index (κ3) is 3.80. The molecule has 154 valence electrons. The molecule has 0 aliphatic carbocycles. The van der Waals surface area contributed by atoms with E-state index in [0.29, 0.717) is 22.9 Å². The largest absolute Gasteiger partial charge is 0.290 e. The molecule has 1 atom stereocenters. The van der Waals surface area contributed by atoms with E-state index >= 15 is 0 Å². The summed E-state index contributed by atoms with van der Waals surface area (Å²) in [6, 6.07) is 13.9. The van der Waals surface area contributed by atoms with Gasteiger partial charge in [-0.05, 0) is 48.5 Å².